The van der Waals surface area contributed by atoms with Crippen molar-refractivity contribution >= 4 is 40.4 Å². The molecule has 1 aliphatic heterocycles. The van der Waals surface area contributed by atoms with Crippen LogP contribution in [-0.2, 0) is 9.53 Å². The number of non-ortho nitro benzene ring substituents is 1. The summed E-state index contributed by atoms with van der Waals surface area (Å²) in [5.74, 6) is -0.128. The van der Waals surface area contributed by atoms with Crippen molar-refractivity contribution in [1.29, 1.82) is 0 Å². The number of ether oxygens (including phenoxy) is 2. The molecule has 0 spiro atoms. The van der Waals surface area contributed by atoms with Crippen LogP contribution in [-0.4, -0.2) is 29.2 Å². The molecular formula is C22H19N3O6S2. The quantitative estimate of drug-likeness (QED) is 0.301. The van der Waals surface area contributed by atoms with Gasteiger partial charge in [0.1, 0.15) is 11.8 Å². The van der Waals surface area contributed by atoms with Crippen molar-refractivity contribution in [2.24, 2.45) is 4.99 Å². The minimum atomic E-state index is -0.672. The van der Waals surface area contributed by atoms with Gasteiger partial charge < -0.3 is 9.47 Å². The Bertz CT molecular complexity index is 1450. The SMILES string of the molecule is CCOC(=O)C1=C(C)N=c2s/c(=C\c3cc([N+](=O)[O-])ccc3OC)c(=O)n2[C@H]1c1cccs1. The largest absolute Gasteiger partial charge is 0.496 e. The average Bonchev–Trinajstić information content (AvgIpc) is 3.41. The number of esters is 1. The van der Waals surface area contributed by atoms with Gasteiger partial charge in [-0.25, -0.2) is 9.79 Å². The van der Waals surface area contributed by atoms with Crippen LogP contribution in [0.25, 0.3) is 6.08 Å². The number of nitro groups is 1. The van der Waals surface area contributed by atoms with E-state index >= 15 is 0 Å². The number of fused-ring (bicyclic) bond motifs is 1. The lowest BCUT2D eigenvalue weighted by Gasteiger charge is -2.23. The van der Waals surface area contributed by atoms with E-state index in [2.05, 4.69) is 4.99 Å². The smallest absolute Gasteiger partial charge is 0.338 e. The maximum atomic E-state index is 13.5. The number of rotatable bonds is 6. The molecule has 0 radical (unpaired) electrons. The number of hydrogen-bond donors (Lipinski definition) is 0. The molecule has 11 heteroatoms. The number of benzene rings is 1. The summed E-state index contributed by atoms with van der Waals surface area (Å²) in [6, 6.07) is 7.20. The van der Waals surface area contributed by atoms with Gasteiger partial charge in [-0.15, -0.1) is 11.3 Å². The molecule has 0 fully saturated rings. The van der Waals surface area contributed by atoms with E-state index in [1.54, 1.807) is 19.9 Å². The maximum Gasteiger partial charge on any atom is 0.338 e. The molecule has 0 amide bonds. The molecule has 3 aromatic rings. The third-order valence-electron chi connectivity index (χ3n) is 5.04. The molecule has 2 aromatic heterocycles. The van der Waals surface area contributed by atoms with Gasteiger partial charge in [-0.2, -0.15) is 0 Å². The van der Waals surface area contributed by atoms with Crippen LogP contribution in [0.3, 0.4) is 0 Å². The van der Waals surface area contributed by atoms with Gasteiger partial charge in [0.2, 0.25) is 0 Å². The van der Waals surface area contributed by atoms with E-state index in [0.717, 1.165) is 16.2 Å². The zero-order valence-electron chi connectivity index (χ0n) is 17.9. The molecule has 0 N–H and O–H groups in total. The fraction of sp³-hybridized carbons (Fsp3) is 0.227. The monoisotopic (exact) mass is 485 g/mol. The molecule has 9 nitrogen and oxygen atoms in total. The molecule has 0 unspecified atom stereocenters. The van der Waals surface area contributed by atoms with Crippen LogP contribution >= 0.6 is 22.7 Å². The van der Waals surface area contributed by atoms with Crippen molar-refractivity contribution in [1.82, 2.24) is 4.57 Å². The number of carbonyl (C=O) groups is 1. The number of methoxy groups -OCH3 is 1. The number of aromatic nitrogens is 1. The highest BCUT2D eigenvalue weighted by atomic mass is 32.1. The first-order valence-electron chi connectivity index (χ1n) is 9.91. The van der Waals surface area contributed by atoms with E-state index in [-0.39, 0.29) is 17.9 Å². The number of allylic oxidation sites excluding steroid dienone is 1. The van der Waals surface area contributed by atoms with Gasteiger partial charge in [0.25, 0.3) is 11.2 Å². The average molecular weight is 486 g/mol. The van der Waals surface area contributed by atoms with E-state index in [4.69, 9.17) is 9.47 Å². The highest BCUT2D eigenvalue weighted by Gasteiger charge is 2.33. The van der Waals surface area contributed by atoms with Crippen molar-refractivity contribution in [3.63, 3.8) is 0 Å². The van der Waals surface area contributed by atoms with E-state index in [0.29, 0.717) is 31.9 Å². The van der Waals surface area contributed by atoms with Crippen molar-refractivity contribution in [2.45, 2.75) is 19.9 Å². The fourth-order valence-corrected chi connectivity index (χ4v) is 5.46. The van der Waals surface area contributed by atoms with Crippen molar-refractivity contribution in [3.05, 3.63) is 87.2 Å². The first-order valence-corrected chi connectivity index (χ1v) is 11.6. The molecule has 33 heavy (non-hydrogen) atoms. The Morgan fingerprint density at radius 2 is 2.15 bits per heavy atom. The lowest BCUT2D eigenvalue weighted by Crippen LogP contribution is -2.39. The van der Waals surface area contributed by atoms with Crippen molar-refractivity contribution in [2.75, 3.05) is 13.7 Å². The van der Waals surface area contributed by atoms with E-state index in [1.165, 1.54) is 41.2 Å². The van der Waals surface area contributed by atoms with Crippen LogP contribution in [0.5, 0.6) is 5.75 Å². The summed E-state index contributed by atoms with van der Waals surface area (Å²) in [6.45, 7) is 3.63. The van der Waals surface area contributed by atoms with Crippen LogP contribution in [0.1, 0.15) is 30.3 Å². The molecule has 170 valence electrons. The summed E-state index contributed by atoms with van der Waals surface area (Å²) in [6.07, 6.45) is 1.55. The second-order valence-corrected chi connectivity index (χ2v) is 8.99. The van der Waals surface area contributed by atoms with Crippen LogP contribution in [0.15, 0.2) is 56.8 Å². The highest BCUT2D eigenvalue weighted by Crippen LogP contribution is 2.33. The summed E-state index contributed by atoms with van der Waals surface area (Å²) in [5.41, 5.74) is 0.705. The standard InChI is InChI=1S/C22H19N3O6S2/c1-4-31-21(27)18-12(2)23-22-24(19(18)16-6-5-9-32-16)20(26)17(33-22)11-13-10-14(25(28)29)7-8-15(13)30-3/h5-11,19H,4H2,1-3H3/b17-11-/t19-/m0/s1. The molecule has 1 aromatic carbocycles. The van der Waals surface area contributed by atoms with Crippen LogP contribution in [0.2, 0.25) is 0 Å². The number of nitro benzene ring substituents is 1. The molecule has 1 atom stereocenters. The predicted molar refractivity (Wildman–Crippen MR) is 124 cm³/mol. The lowest BCUT2D eigenvalue weighted by atomic mass is 10.0. The third kappa shape index (κ3) is 4.12. The van der Waals surface area contributed by atoms with E-state index in [9.17, 15) is 19.7 Å². The molecule has 0 bridgehead atoms. The van der Waals surface area contributed by atoms with Crippen molar-refractivity contribution in [3.8, 4) is 5.75 Å². The van der Waals surface area contributed by atoms with Gasteiger partial charge in [-0.1, -0.05) is 17.4 Å². The number of thiazole rings is 1. The number of nitrogens with zero attached hydrogens (tertiary/aromatic N) is 3. The minimum absolute atomic E-state index is 0.119. The molecule has 4 rings (SSSR count). The Labute approximate surface area is 195 Å². The summed E-state index contributed by atoms with van der Waals surface area (Å²) < 4.78 is 12.4. The Balaban J connectivity index is 1.95. The first-order chi connectivity index (χ1) is 15.8. The summed E-state index contributed by atoms with van der Waals surface area (Å²) in [7, 11) is 1.45. The molecule has 3 heterocycles. The van der Waals surface area contributed by atoms with Gasteiger partial charge in [0.05, 0.1) is 34.4 Å². The van der Waals surface area contributed by atoms with Gasteiger partial charge in [-0.05, 0) is 37.4 Å². The van der Waals surface area contributed by atoms with Gasteiger partial charge in [-0.3, -0.25) is 19.5 Å². The number of hydrogen-bond acceptors (Lipinski definition) is 9. The summed E-state index contributed by atoms with van der Waals surface area (Å²) >= 11 is 2.57. The van der Waals surface area contributed by atoms with E-state index in [1.807, 2.05) is 17.5 Å². The van der Waals surface area contributed by atoms with Gasteiger partial charge in [0, 0.05) is 22.6 Å². The molecule has 0 aliphatic carbocycles. The van der Waals surface area contributed by atoms with Gasteiger partial charge in [0.15, 0.2) is 4.80 Å². The van der Waals surface area contributed by atoms with E-state index < -0.39 is 16.9 Å². The second kappa shape index (κ2) is 9.12. The summed E-state index contributed by atoms with van der Waals surface area (Å²) in [5, 5.41) is 13.1. The normalized spacial score (nSPS) is 15.7. The Morgan fingerprint density at radius 3 is 2.79 bits per heavy atom. The van der Waals surface area contributed by atoms with Crippen LogP contribution in [0, 0.1) is 10.1 Å². The van der Waals surface area contributed by atoms with Crippen molar-refractivity contribution < 1.29 is 19.2 Å². The molecule has 0 saturated carbocycles. The highest BCUT2D eigenvalue weighted by molar-refractivity contribution is 7.10. The number of carbonyl (C=O) groups excluding carboxylic acids is 1. The zero-order valence-corrected chi connectivity index (χ0v) is 19.6. The Morgan fingerprint density at radius 1 is 1.36 bits per heavy atom. The first kappa shape index (κ1) is 22.6. The zero-order chi connectivity index (χ0) is 23.7. The van der Waals surface area contributed by atoms with Gasteiger partial charge >= 0.3 is 5.97 Å². The molecule has 1 aliphatic rings. The second-order valence-electron chi connectivity index (χ2n) is 7.00. The Kier molecular flexibility index (Phi) is 6.25. The van der Waals surface area contributed by atoms with Crippen LogP contribution in [0.4, 0.5) is 5.69 Å². The number of thiophene rings is 1. The lowest BCUT2D eigenvalue weighted by molar-refractivity contribution is -0.384. The Hall–Kier alpha value is -3.57. The molecular weight excluding hydrogens is 466 g/mol. The maximum absolute atomic E-state index is 13.5. The van der Waals surface area contributed by atoms with Crippen LogP contribution < -0.4 is 19.6 Å². The summed E-state index contributed by atoms with van der Waals surface area (Å²) in [4.78, 5) is 42.7. The third-order valence-corrected chi connectivity index (χ3v) is 6.95. The predicted octanol–water partition coefficient (Wildman–Crippen LogP) is 2.78. The molecule has 0 saturated heterocycles. The minimum Gasteiger partial charge on any atom is -0.496 e. The topological polar surface area (TPSA) is 113 Å². The fourth-order valence-electron chi connectivity index (χ4n) is 3.60.